The highest BCUT2D eigenvalue weighted by Crippen LogP contribution is 2.45. The molecule has 1 aliphatic heterocycles. The monoisotopic (exact) mass is 293 g/mol. The molecule has 2 unspecified atom stereocenters. The summed E-state index contributed by atoms with van der Waals surface area (Å²) in [5.41, 5.74) is 0. The van der Waals surface area contributed by atoms with Gasteiger partial charge in [0.1, 0.15) is 6.61 Å². The summed E-state index contributed by atoms with van der Waals surface area (Å²) in [6.07, 6.45) is 2.88. The standard InChI is InChI=1S/C7H10Cl3NO3S/c8-7(9,10)4-14-15(12,13)11-5-2-1-3-6(5)11/h5-6H,1-4H2. The normalized spacial score (nSPS) is 35.3. The van der Waals surface area contributed by atoms with Gasteiger partial charge in [-0.1, -0.05) is 41.2 Å². The predicted molar refractivity (Wildman–Crippen MR) is 58.4 cm³/mol. The van der Waals surface area contributed by atoms with Crippen molar-refractivity contribution in [3.8, 4) is 0 Å². The first-order chi connectivity index (χ1) is 6.81. The van der Waals surface area contributed by atoms with E-state index in [1.165, 1.54) is 4.31 Å². The lowest BCUT2D eigenvalue weighted by Gasteiger charge is -2.13. The summed E-state index contributed by atoms with van der Waals surface area (Å²) in [5.74, 6) is 0. The van der Waals surface area contributed by atoms with E-state index in [0.717, 1.165) is 19.3 Å². The fraction of sp³-hybridized carbons (Fsp3) is 1.00. The maximum absolute atomic E-state index is 11.6. The summed E-state index contributed by atoms with van der Waals surface area (Å²) < 4.78 is 27.5. The number of halogens is 3. The van der Waals surface area contributed by atoms with E-state index in [4.69, 9.17) is 34.8 Å². The lowest BCUT2D eigenvalue weighted by atomic mass is 10.3. The summed E-state index contributed by atoms with van der Waals surface area (Å²) in [7, 11) is -3.70. The number of fused-ring (bicyclic) bond motifs is 1. The molecule has 0 bridgehead atoms. The molecule has 0 aromatic carbocycles. The van der Waals surface area contributed by atoms with Gasteiger partial charge < -0.3 is 0 Å². The molecule has 2 atom stereocenters. The molecule has 2 fully saturated rings. The van der Waals surface area contributed by atoms with Gasteiger partial charge >= 0.3 is 10.3 Å². The van der Waals surface area contributed by atoms with Gasteiger partial charge in [0, 0.05) is 12.1 Å². The van der Waals surface area contributed by atoms with Crippen LogP contribution in [0.2, 0.25) is 0 Å². The van der Waals surface area contributed by atoms with Crippen LogP contribution in [0.15, 0.2) is 0 Å². The number of nitrogens with zero attached hydrogens (tertiary/aromatic N) is 1. The molecule has 1 saturated carbocycles. The Morgan fingerprint density at radius 2 is 1.80 bits per heavy atom. The Morgan fingerprint density at radius 1 is 1.27 bits per heavy atom. The van der Waals surface area contributed by atoms with Gasteiger partial charge in [0.15, 0.2) is 0 Å². The van der Waals surface area contributed by atoms with Crippen molar-refractivity contribution < 1.29 is 12.6 Å². The Balaban J connectivity index is 1.92. The Bertz CT molecular complexity index is 343. The van der Waals surface area contributed by atoms with Crippen molar-refractivity contribution >= 4 is 45.1 Å². The highest BCUT2D eigenvalue weighted by Gasteiger charge is 2.58. The van der Waals surface area contributed by atoms with Gasteiger partial charge in [-0.3, -0.25) is 4.18 Å². The van der Waals surface area contributed by atoms with Crippen molar-refractivity contribution in [2.75, 3.05) is 6.61 Å². The van der Waals surface area contributed by atoms with Gasteiger partial charge in [0.05, 0.1) is 0 Å². The van der Waals surface area contributed by atoms with Crippen molar-refractivity contribution in [3.05, 3.63) is 0 Å². The molecule has 0 N–H and O–H groups in total. The first-order valence-electron chi connectivity index (χ1n) is 4.56. The van der Waals surface area contributed by atoms with Crippen LogP contribution in [0.4, 0.5) is 0 Å². The van der Waals surface area contributed by atoms with Crippen LogP contribution in [0, 0.1) is 0 Å². The SMILES string of the molecule is O=S(=O)(OCC(Cl)(Cl)Cl)N1C2CCCC21. The van der Waals surface area contributed by atoms with Crippen LogP contribution in [0.5, 0.6) is 0 Å². The zero-order valence-electron chi connectivity index (χ0n) is 7.70. The van der Waals surface area contributed by atoms with Crippen LogP contribution >= 0.6 is 34.8 Å². The lowest BCUT2D eigenvalue weighted by Crippen LogP contribution is -2.25. The summed E-state index contributed by atoms with van der Waals surface area (Å²) >= 11 is 16.2. The maximum atomic E-state index is 11.6. The molecule has 1 saturated heterocycles. The Hall–Kier alpha value is 0.740. The summed E-state index contributed by atoms with van der Waals surface area (Å²) in [6, 6.07) is 0.232. The second-order valence-electron chi connectivity index (χ2n) is 3.73. The molecule has 1 aliphatic carbocycles. The minimum absolute atomic E-state index is 0.116. The van der Waals surface area contributed by atoms with E-state index in [1.54, 1.807) is 0 Å². The second kappa shape index (κ2) is 3.89. The van der Waals surface area contributed by atoms with E-state index in [9.17, 15) is 8.42 Å². The van der Waals surface area contributed by atoms with Gasteiger partial charge in [0.2, 0.25) is 3.79 Å². The van der Waals surface area contributed by atoms with Crippen molar-refractivity contribution in [2.45, 2.75) is 35.1 Å². The third-order valence-electron chi connectivity index (χ3n) is 2.64. The molecule has 0 aromatic rings. The van der Waals surface area contributed by atoms with E-state index in [0.29, 0.717) is 0 Å². The minimum Gasteiger partial charge on any atom is -0.253 e. The highest BCUT2D eigenvalue weighted by atomic mass is 35.6. The zero-order chi connectivity index (χ0) is 11.3. The van der Waals surface area contributed by atoms with Crippen LogP contribution in [-0.2, 0) is 14.5 Å². The maximum Gasteiger partial charge on any atom is 0.339 e. The van der Waals surface area contributed by atoms with Crippen LogP contribution in [-0.4, -0.2) is 35.2 Å². The molecule has 2 rings (SSSR count). The average Bonchev–Trinajstić information content (AvgIpc) is 2.60. The zero-order valence-corrected chi connectivity index (χ0v) is 10.8. The average molecular weight is 295 g/mol. The number of alkyl halides is 3. The third kappa shape index (κ3) is 2.70. The van der Waals surface area contributed by atoms with Gasteiger partial charge in [-0.05, 0) is 12.8 Å². The van der Waals surface area contributed by atoms with E-state index < -0.39 is 20.7 Å². The first-order valence-corrected chi connectivity index (χ1v) is 7.06. The van der Waals surface area contributed by atoms with Gasteiger partial charge in [-0.2, -0.15) is 12.7 Å². The lowest BCUT2D eigenvalue weighted by molar-refractivity contribution is 0.299. The number of hydrogen-bond donors (Lipinski definition) is 0. The molecule has 0 radical (unpaired) electrons. The molecular weight excluding hydrogens is 285 g/mol. The number of hydrogen-bond acceptors (Lipinski definition) is 3. The molecule has 0 aromatic heterocycles. The Kier molecular flexibility index (Phi) is 3.17. The molecule has 0 amide bonds. The fourth-order valence-electron chi connectivity index (χ4n) is 2.02. The summed E-state index contributed by atoms with van der Waals surface area (Å²) in [5, 5.41) is 0. The van der Waals surface area contributed by atoms with Gasteiger partial charge in [0.25, 0.3) is 0 Å². The van der Waals surface area contributed by atoms with Gasteiger partial charge in [-0.25, -0.2) is 0 Å². The third-order valence-corrected chi connectivity index (χ3v) is 4.44. The Morgan fingerprint density at radius 3 is 2.27 bits per heavy atom. The first kappa shape index (κ1) is 12.2. The van der Waals surface area contributed by atoms with E-state index in [-0.39, 0.29) is 12.1 Å². The molecule has 8 heteroatoms. The van der Waals surface area contributed by atoms with Crippen LogP contribution < -0.4 is 0 Å². The van der Waals surface area contributed by atoms with E-state index >= 15 is 0 Å². The topological polar surface area (TPSA) is 46.4 Å². The van der Waals surface area contributed by atoms with E-state index in [1.807, 2.05) is 0 Å². The smallest absolute Gasteiger partial charge is 0.253 e. The predicted octanol–water partition coefficient (Wildman–Crippen LogP) is 1.85. The van der Waals surface area contributed by atoms with Crippen LogP contribution in [0.25, 0.3) is 0 Å². The van der Waals surface area contributed by atoms with Crippen molar-refractivity contribution in [2.24, 2.45) is 0 Å². The number of piperidine rings is 1. The molecular formula is C7H10Cl3NO3S. The van der Waals surface area contributed by atoms with Crippen molar-refractivity contribution in [1.82, 2.24) is 4.31 Å². The molecule has 1 heterocycles. The summed E-state index contributed by atoms with van der Waals surface area (Å²) in [4.78, 5) is 0. The summed E-state index contributed by atoms with van der Waals surface area (Å²) in [6.45, 7) is -0.448. The second-order valence-corrected chi connectivity index (χ2v) is 7.76. The fourth-order valence-corrected chi connectivity index (χ4v) is 3.92. The molecule has 88 valence electrons. The van der Waals surface area contributed by atoms with Crippen LogP contribution in [0.3, 0.4) is 0 Å². The van der Waals surface area contributed by atoms with Crippen molar-refractivity contribution in [1.29, 1.82) is 0 Å². The Labute approximate surface area is 104 Å². The largest absolute Gasteiger partial charge is 0.339 e. The molecule has 2 aliphatic rings. The molecule has 15 heavy (non-hydrogen) atoms. The molecule has 4 nitrogen and oxygen atoms in total. The van der Waals surface area contributed by atoms with Gasteiger partial charge in [-0.15, -0.1) is 0 Å². The van der Waals surface area contributed by atoms with E-state index in [2.05, 4.69) is 4.18 Å². The van der Waals surface area contributed by atoms with Crippen molar-refractivity contribution in [3.63, 3.8) is 0 Å². The van der Waals surface area contributed by atoms with Crippen LogP contribution in [0.1, 0.15) is 19.3 Å². The number of rotatable bonds is 3. The molecule has 0 spiro atoms. The highest BCUT2D eigenvalue weighted by molar-refractivity contribution is 7.84. The minimum atomic E-state index is -3.70. The quantitative estimate of drug-likeness (QED) is 0.589.